The Hall–Kier alpha value is -2.34. The van der Waals surface area contributed by atoms with Crippen LogP contribution in [0.4, 0.5) is 11.5 Å². The zero-order valence-corrected chi connectivity index (χ0v) is 12.2. The van der Waals surface area contributed by atoms with E-state index in [-0.39, 0.29) is 0 Å². The van der Waals surface area contributed by atoms with Gasteiger partial charge in [-0.3, -0.25) is 0 Å². The van der Waals surface area contributed by atoms with Crippen LogP contribution in [0, 0.1) is 0 Å². The molecule has 3 rings (SSSR count). The van der Waals surface area contributed by atoms with E-state index in [0.29, 0.717) is 23.4 Å². The molecule has 6 nitrogen and oxygen atoms in total. The number of benzene rings is 1. The van der Waals surface area contributed by atoms with Crippen LogP contribution in [0.3, 0.4) is 0 Å². The Kier molecular flexibility index (Phi) is 3.87. The maximum absolute atomic E-state index is 5.98. The summed E-state index contributed by atoms with van der Waals surface area (Å²) in [6.45, 7) is 2.79. The third-order valence-electron chi connectivity index (χ3n) is 2.82. The van der Waals surface area contributed by atoms with Crippen molar-refractivity contribution in [3.63, 3.8) is 0 Å². The summed E-state index contributed by atoms with van der Waals surface area (Å²) in [5.74, 6) is 2.00. The maximum Gasteiger partial charge on any atom is 0.255 e. The summed E-state index contributed by atoms with van der Waals surface area (Å²) in [5.41, 5.74) is 0.901. The third-order valence-corrected chi connectivity index (χ3v) is 3.01. The van der Waals surface area contributed by atoms with Crippen molar-refractivity contribution in [3.05, 3.63) is 41.8 Å². The van der Waals surface area contributed by atoms with Gasteiger partial charge >= 0.3 is 0 Å². The predicted molar refractivity (Wildman–Crippen MR) is 81.3 cm³/mol. The van der Waals surface area contributed by atoms with E-state index in [1.807, 2.05) is 24.3 Å². The van der Waals surface area contributed by atoms with E-state index in [0.717, 1.165) is 17.9 Å². The number of nitrogens with zero attached hydrogens (tertiary/aromatic N) is 4. The normalized spacial score (nSPS) is 10.8. The van der Waals surface area contributed by atoms with Gasteiger partial charge in [-0.05, 0) is 30.7 Å². The van der Waals surface area contributed by atoms with Crippen molar-refractivity contribution >= 4 is 28.9 Å². The lowest BCUT2D eigenvalue weighted by Crippen LogP contribution is -2.01. The molecule has 1 aromatic carbocycles. The third kappa shape index (κ3) is 3.05. The highest BCUT2D eigenvalue weighted by Gasteiger charge is 2.06. The summed E-state index contributed by atoms with van der Waals surface area (Å²) in [7, 11) is 0. The highest BCUT2D eigenvalue weighted by molar-refractivity contribution is 6.29. The predicted octanol–water partition coefficient (Wildman–Crippen LogP) is 3.31. The van der Waals surface area contributed by atoms with E-state index in [1.165, 1.54) is 6.33 Å². The first kappa shape index (κ1) is 13.6. The molecule has 0 saturated heterocycles. The topological polar surface area (TPSA) is 64.3 Å². The SMILES string of the molecule is CCCOc1ccc(Nc2cc(Cl)nc3ncnn23)cc1. The van der Waals surface area contributed by atoms with Gasteiger partial charge in [0.2, 0.25) is 0 Å². The van der Waals surface area contributed by atoms with Crippen molar-refractivity contribution in [2.45, 2.75) is 13.3 Å². The lowest BCUT2D eigenvalue weighted by atomic mass is 10.3. The number of aromatic nitrogens is 4. The minimum absolute atomic E-state index is 0.362. The van der Waals surface area contributed by atoms with Gasteiger partial charge in [-0.25, -0.2) is 0 Å². The van der Waals surface area contributed by atoms with Crippen molar-refractivity contribution in [1.29, 1.82) is 0 Å². The molecule has 0 aliphatic rings. The number of halogens is 1. The second-order valence-corrected chi connectivity index (χ2v) is 4.82. The molecule has 3 aromatic rings. The zero-order chi connectivity index (χ0) is 14.7. The van der Waals surface area contributed by atoms with E-state index in [1.54, 1.807) is 10.6 Å². The van der Waals surface area contributed by atoms with E-state index in [9.17, 15) is 0 Å². The monoisotopic (exact) mass is 303 g/mol. The molecule has 7 heteroatoms. The lowest BCUT2D eigenvalue weighted by molar-refractivity contribution is 0.317. The van der Waals surface area contributed by atoms with Gasteiger partial charge < -0.3 is 10.1 Å². The molecule has 0 amide bonds. The largest absolute Gasteiger partial charge is 0.494 e. The average molecular weight is 304 g/mol. The number of ether oxygens (including phenoxy) is 1. The standard InChI is InChI=1S/C14H14ClN5O/c1-2-7-21-11-5-3-10(4-6-11)18-13-8-12(15)19-14-16-9-17-20(13)14/h3-6,8-9,18H,2,7H2,1H3. The van der Waals surface area contributed by atoms with E-state index < -0.39 is 0 Å². The summed E-state index contributed by atoms with van der Waals surface area (Å²) in [5, 5.41) is 7.71. The molecule has 0 atom stereocenters. The van der Waals surface area contributed by atoms with Crippen molar-refractivity contribution in [2.24, 2.45) is 0 Å². The van der Waals surface area contributed by atoms with Crippen molar-refractivity contribution in [3.8, 4) is 5.75 Å². The molecule has 21 heavy (non-hydrogen) atoms. The summed E-state index contributed by atoms with van der Waals surface area (Å²) in [4.78, 5) is 8.11. The smallest absolute Gasteiger partial charge is 0.255 e. The lowest BCUT2D eigenvalue weighted by Gasteiger charge is -2.09. The van der Waals surface area contributed by atoms with Gasteiger partial charge in [0.15, 0.2) is 0 Å². The van der Waals surface area contributed by atoms with Gasteiger partial charge in [0.1, 0.15) is 23.0 Å². The van der Waals surface area contributed by atoms with Gasteiger partial charge in [0.05, 0.1) is 6.61 Å². The van der Waals surface area contributed by atoms with Gasteiger partial charge in [-0.2, -0.15) is 19.6 Å². The molecule has 0 fully saturated rings. The molecule has 0 bridgehead atoms. The second-order valence-electron chi connectivity index (χ2n) is 4.43. The molecule has 0 spiro atoms. The average Bonchev–Trinajstić information content (AvgIpc) is 2.95. The minimum atomic E-state index is 0.362. The van der Waals surface area contributed by atoms with Gasteiger partial charge in [0, 0.05) is 11.8 Å². The minimum Gasteiger partial charge on any atom is -0.494 e. The Bertz CT molecular complexity index is 741. The van der Waals surface area contributed by atoms with Crippen LogP contribution >= 0.6 is 11.6 Å². The number of anilines is 2. The van der Waals surface area contributed by atoms with Crippen LogP contribution in [0.2, 0.25) is 5.15 Å². The Labute approximate surface area is 126 Å². The zero-order valence-electron chi connectivity index (χ0n) is 11.5. The maximum atomic E-state index is 5.98. The quantitative estimate of drug-likeness (QED) is 0.733. The first-order valence-electron chi connectivity index (χ1n) is 6.62. The molecule has 0 aliphatic carbocycles. The van der Waals surface area contributed by atoms with Gasteiger partial charge in [-0.1, -0.05) is 18.5 Å². The van der Waals surface area contributed by atoms with Crippen LogP contribution < -0.4 is 10.1 Å². The molecular formula is C14H14ClN5O. The van der Waals surface area contributed by atoms with Crippen molar-refractivity contribution in [1.82, 2.24) is 19.6 Å². The van der Waals surface area contributed by atoms with Crippen LogP contribution in [0.5, 0.6) is 5.75 Å². The molecule has 108 valence electrons. The molecule has 0 radical (unpaired) electrons. The highest BCUT2D eigenvalue weighted by Crippen LogP contribution is 2.22. The second kappa shape index (κ2) is 5.97. The number of nitrogens with one attached hydrogen (secondary N) is 1. The number of hydrogen-bond acceptors (Lipinski definition) is 5. The highest BCUT2D eigenvalue weighted by atomic mass is 35.5. The van der Waals surface area contributed by atoms with E-state index in [2.05, 4.69) is 27.3 Å². The molecule has 2 heterocycles. The van der Waals surface area contributed by atoms with Crippen molar-refractivity contribution < 1.29 is 4.74 Å². The molecular weight excluding hydrogens is 290 g/mol. The fourth-order valence-electron chi connectivity index (χ4n) is 1.87. The number of fused-ring (bicyclic) bond motifs is 1. The van der Waals surface area contributed by atoms with Crippen LogP contribution in [0.25, 0.3) is 5.78 Å². The summed E-state index contributed by atoms with van der Waals surface area (Å²) in [6, 6.07) is 9.40. The van der Waals surface area contributed by atoms with Crippen LogP contribution in [0.1, 0.15) is 13.3 Å². The molecule has 2 aromatic heterocycles. The first-order chi connectivity index (χ1) is 10.3. The van der Waals surface area contributed by atoms with Crippen LogP contribution in [-0.2, 0) is 0 Å². The number of hydrogen-bond donors (Lipinski definition) is 1. The van der Waals surface area contributed by atoms with Crippen LogP contribution in [-0.4, -0.2) is 26.2 Å². The van der Waals surface area contributed by atoms with E-state index in [4.69, 9.17) is 16.3 Å². The van der Waals surface area contributed by atoms with E-state index >= 15 is 0 Å². The molecule has 0 saturated carbocycles. The fourth-order valence-corrected chi connectivity index (χ4v) is 2.05. The molecule has 0 unspecified atom stereocenters. The summed E-state index contributed by atoms with van der Waals surface area (Å²) >= 11 is 5.98. The van der Waals surface area contributed by atoms with Crippen molar-refractivity contribution in [2.75, 3.05) is 11.9 Å². The van der Waals surface area contributed by atoms with Gasteiger partial charge in [0.25, 0.3) is 5.78 Å². The summed E-state index contributed by atoms with van der Waals surface area (Å²) in [6.07, 6.45) is 2.42. The number of rotatable bonds is 5. The first-order valence-corrected chi connectivity index (χ1v) is 7.00. The Balaban J connectivity index is 1.83. The molecule has 1 N–H and O–H groups in total. The Morgan fingerprint density at radius 1 is 1.29 bits per heavy atom. The van der Waals surface area contributed by atoms with Gasteiger partial charge in [-0.15, -0.1) is 0 Å². The molecule has 0 aliphatic heterocycles. The fraction of sp³-hybridized carbons (Fsp3) is 0.214. The van der Waals surface area contributed by atoms with Crippen LogP contribution in [0.15, 0.2) is 36.7 Å². The summed E-state index contributed by atoms with van der Waals surface area (Å²) < 4.78 is 7.14. The Morgan fingerprint density at radius 2 is 2.10 bits per heavy atom. The Morgan fingerprint density at radius 3 is 2.86 bits per heavy atom.